The standard InChI is InChI=1S/C51H61N5O2/c1-30-22-38(23-31(2)44(30)52)50(18-11-9-12-19-50)40-26-34(5)46(35(6)27-40)55-48(57)42-16-15-17-43(54-42)49(58)56-47-36(7)28-41(29-37(47)8)51(20-13-10-14-21-51)39-24-32(3)45(53)33(4)25-39/h15-17,22-29H,9-14,18-21,52-53H2,1-8H3,(H,55,57)(H,56,58). The van der Waals surface area contributed by atoms with Crippen LogP contribution in [0.4, 0.5) is 22.7 Å². The molecule has 5 aromatic rings. The number of nitrogens with two attached hydrogens (primary N) is 2. The average molecular weight is 776 g/mol. The predicted octanol–water partition coefficient (Wildman–Crippen LogP) is 11.7. The van der Waals surface area contributed by atoms with Gasteiger partial charge in [-0.15, -0.1) is 0 Å². The first-order valence-electron chi connectivity index (χ1n) is 21.2. The lowest BCUT2D eigenvalue weighted by atomic mass is 9.64. The van der Waals surface area contributed by atoms with Gasteiger partial charge >= 0.3 is 0 Å². The van der Waals surface area contributed by atoms with Gasteiger partial charge in [0.1, 0.15) is 11.4 Å². The molecule has 7 heteroatoms. The van der Waals surface area contributed by atoms with Crippen molar-refractivity contribution in [3.8, 4) is 0 Å². The van der Waals surface area contributed by atoms with Crippen LogP contribution in [-0.2, 0) is 10.8 Å². The van der Waals surface area contributed by atoms with Crippen molar-refractivity contribution < 1.29 is 9.59 Å². The summed E-state index contributed by atoms with van der Waals surface area (Å²) in [5.41, 5.74) is 29.9. The third-order valence-corrected chi connectivity index (χ3v) is 13.6. The zero-order chi connectivity index (χ0) is 41.5. The van der Waals surface area contributed by atoms with E-state index in [2.05, 4.69) is 120 Å². The maximum absolute atomic E-state index is 13.8. The first kappa shape index (κ1) is 40.8. The number of carbonyl (C=O) groups is 2. The molecule has 2 saturated carbocycles. The Labute approximate surface area is 345 Å². The summed E-state index contributed by atoms with van der Waals surface area (Å²) in [7, 11) is 0. The van der Waals surface area contributed by atoms with Crippen molar-refractivity contribution >= 4 is 34.6 Å². The van der Waals surface area contributed by atoms with E-state index >= 15 is 0 Å². The molecule has 6 N–H and O–H groups in total. The summed E-state index contributed by atoms with van der Waals surface area (Å²) in [6, 6.07) is 23.1. The maximum atomic E-state index is 13.8. The summed E-state index contributed by atoms with van der Waals surface area (Å²) >= 11 is 0. The van der Waals surface area contributed by atoms with Crippen LogP contribution in [0.1, 0.15) is 152 Å². The van der Waals surface area contributed by atoms with E-state index in [0.717, 1.165) is 92.9 Å². The monoisotopic (exact) mass is 775 g/mol. The van der Waals surface area contributed by atoms with Crippen molar-refractivity contribution in [2.24, 2.45) is 0 Å². The number of pyridine rings is 1. The average Bonchev–Trinajstić information content (AvgIpc) is 3.21. The van der Waals surface area contributed by atoms with E-state index in [4.69, 9.17) is 11.5 Å². The number of nitrogens with one attached hydrogen (secondary N) is 2. The van der Waals surface area contributed by atoms with Gasteiger partial charge in [0.05, 0.1) is 0 Å². The molecule has 0 saturated heterocycles. The Morgan fingerprint density at radius 1 is 0.466 bits per heavy atom. The SMILES string of the molecule is Cc1cc(C2(c3cc(C)c(NC(=O)c4cccc(C(=O)Nc5c(C)cc(C6(c7cc(C)c(N)c(C)c7)CCCCC6)cc5C)n4)c(C)c3)CCCCC2)cc(C)c1N. The third-order valence-electron chi connectivity index (χ3n) is 13.6. The van der Waals surface area contributed by atoms with Crippen LogP contribution in [-0.4, -0.2) is 16.8 Å². The fourth-order valence-electron chi connectivity index (χ4n) is 10.2. The second-order valence-electron chi connectivity index (χ2n) is 17.6. The zero-order valence-electron chi connectivity index (χ0n) is 35.8. The molecule has 0 bridgehead atoms. The van der Waals surface area contributed by atoms with Gasteiger partial charge in [0.15, 0.2) is 0 Å². The van der Waals surface area contributed by atoms with Crippen molar-refractivity contribution in [3.05, 3.63) is 145 Å². The minimum Gasteiger partial charge on any atom is -0.398 e. The Morgan fingerprint density at radius 3 is 1.03 bits per heavy atom. The normalized spacial score (nSPS) is 16.1. The molecule has 2 aliphatic carbocycles. The van der Waals surface area contributed by atoms with E-state index in [-0.39, 0.29) is 34.0 Å². The number of rotatable bonds is 8. The second kappa shape index (κ2) is 16.1. The predicted molar refractivity (Wildman–Crippen MR) is 240 cm³/mol. The van der Waals surface area contributed by atoms with Gasteiger partial charge in [-0.1, -0.05) is 93.1 Å². The van der Waals surface area contributed by atoms with E-state index in [9.17, 15) is 9.59 Å². The molecule has 4 aromatic carbocycles. The molecule has 302 valence electrons. The number of hydrogen-bond donors (Lipinski definition) is 4. The maximum Gasteiger partial charge on any atom is 0.274 e. The number of hydrogen-bond acceptors (Lipinski definition) is 5. The fraction of sp³-hybridized carbons (Fsp3) is 0.392. The largest absolute Gasteiger partial charge is 0.398 e. The van der Waals surface area contributed by atoms with Gasteiger partial charge in [0.2, 0.25) is 0 Å². The Morgan fingerprint density at radius 2 is 0.741 bits per heavy atom. The smallest absolute Gasteiger partial charge is 0.274 e. The number of aromatic nitrogens is 1. The van der Waals surface area contributed by atoms with Crippen LogP contribution in [0.3, 0.4) is 0 Å². The molecule has 1 aromatic heterocycles. The third kappa shape index (κ3) is 7.52. The minimum atomic E-state index is -0.353. The summed E-state index contributed by atoms with van der Waals surface area (Å²) < 4.78 is 0. The molecule has 0 aliphatic heterocycles. The molecule has 0 radical (unpaired) electrons. The van der Waals surface area contributed by atoms with Crippen LogP contribution in [0.15, 0.2) is 66.7 Å². The molecule has 2 amide bonds. The summed E-state index contributed by atoms with van der Waals surface area (Å²) in [6.45, 7) is 16.6. The van der Waals surface area contributed by atoms with Crippen molar-refractivity contribution in [1.82, 2.24) is 4.98 Å². The Balaban J connectivity index is 1.12. The molecule has 0 unspecified atom stereocenters. The number of anilines is 4. The molecule has 2 fully saturated rings. The number of aryl methyl sites for hydroxylation is 8. The van der Waals surface area contributed by atoms with Gasteiger partial charge in [-0.25, -0.2) is 4.98 Å². The molecular weight excluding hydrogens is 715 g/mol. The van der Waals surface area contributed by atoms with E-state index in [1.165, 1.54) is 60.8 Å². The van der Waals surface area contributed by atoms with E-state index in [1.807, 2.05) is 0 Å². The van der Waals surface area contributed by atoms with Gasteiger partial charge < -0.3 is 22.1 Å². The highest BCUT2D eigenvalue weighted by Gasteiger charge is 2.38. The fourth-order valence-corrected chi connectivity index (χ4v) is 10.2. The number of nitrogens with zero attached hydrogens (tertiary/aromatic N) is 1. The van der Waals surface area contributed by atoms with Gasteiger partial charge in [0.25, 0.3) is 11.8 Å². The van der Waals surface area contributed by atoms with Gasteiger partial charge in [-0.05, 0) is 160 Å². The molecule has 2 aliphatic rings. The van der Waals surface area contributed by atoms with Crippen LogP contribution in [0.2, 0.25) is 0 Å². The van der Waals surface area contributed by atoms with E-state index in [0.29, 0.717) is 0 Å². The van der Waals surface area contributed by atoms with E-state index < -0.39 is 0 Å². The summed E-state index contributed by atoms with van der Waals surface area (Å²) in [6.07, 6.45) is 11.5. The highest BCUT2D eigenvalue weighted by molar-refractivity contribution is 6.07. The summed E-state index contributed by atoms with van der Waals surface area (Å²) in [4.78, 5) is 32.2. The van der Waals surface area contributed by atoms with Crippen molar-refractivity contribution in [2.45, 2.75) is 130 Å². The highest BCUT2D eigenvalue weighted by Crippen LogP contribution is 2.49. The van der Waals surface area contributed by atoms with Gasteiger partial charge in [0, 0.05) is 33.6 Å². The van der Waals surface area contributed by atoms with Gasteiger partial charge in [-0.2, -0.15) is 0 Å². The quantitative estimate of drug-likeness (QED) is 0.117. The zero-order valence-corrected chi connectivity index (χ0v) is 35.8. The van der Waals surface area contributed by atoms with E-state index in [1.54, 1.807) is 18.2 Å². The summed E-state index contributed by atoms with van der Waals surface area (Å²) in [5.74, 6) is -0.707. The molecule has 0 atom stereocenters. The molecule has 7 rings (SSSR count). The second-order valence-corrected chi connectivity index (χ2v) is 17.6. The lowest BCUT2D eigenvalue weighted by Gasteiger charge is -2.40. The van der Waals surface area contributed by atoms with Crippen LogP contribution in [0, 0.1) is 55.4 Å². The molecule has 7 nitrogen and oxygen atoms in total. The van der Waals surface area contributed by atoms with Crippen molar-refractivity contribution in [3.63, 3.8) is 0 Å². The van der Waals surface area contributed by atoms with Crippen molar-refractivity contribution in [1.29, 1.82) is 0 Å². The van der Waals surface area contributed by atoms with Gasteiger partial charge in [-0.3, -0.25) is 9.59 Å². The lowest BCUT2D eigenvalue weighted by molar-refractivity contribution is 0.101. The van der Waals surface area contributed by atoms with Crippen LogP contribution < -0.4 is 22.1 Å². The number of benzene rings is 4. The molecular formula is C51H61N5O2. The van der Waals surface area contributed by atoms with Crippen LogP contribution >= 0.6 is 0 Å². The Kier molecular flexibility index (Phi) is 11.3. The molecule has 1 heterocycles. The topological polar surface area (TPSA) is 123 Å². The molecule has 0 spiro atoms. The minimum absolute atomic E-state index is 0.105. The Bertz CT molecular complexity index is 2160. The van der Waals surface area contributed by atoms with Crippen LogP contribution in [0.5, 0.6) is 0 Å². The molecule has 58 heavy (non-hydrogen) atoms. The first-order chi connectivity index (χ1) is 27.6. The number of carbonyl (C=O) groups excluding carboxylic acids is 2. The first-order valence-corrected chi connectivity index (χ1v) is 21.2. The highest BCUT2D eigenvalue weighted by atomic mass is 16.2. The summed E-state index contributed by atoms with van der Waals surface area (Å²) in [5, 5.41) is 6.29. The lowest BCUT2D eigenvalue weighted by Crippen LogP contribution is -2.31. The Hall–Kier alpha value is -5.43. The van der Waals surface area contributed by atoms with Crippen LogP contribution in [0.25, 0.3) is 0 Å². The number of amides is 2. The number of nitrogen functional groups attached to an aromatic ring is 2. The van der Waals surface area contributed by atoms with Crippen molar-refractivity contribution in [2.75, 3.05) is 22.1 Å².